The molecule has 72 valence electrons. The molecule has 13 heavy (non-hydrogen) atoms. The lowest BCUT2D eigenvalue weighted by atomic mass is 10.3. The topological polar surface area (TPSA) is 18.5 Å². The Balaban J connectivity index is 2.07. The van der Waals surface area contributed by atoms with Crippen LogP contribution in [0, 0.1) is 0 Å². The van der Waals surface area contributed by atoms with Gasteiger partial charge in [0.25, 0.3) is 0 Å². The third-order valence-corrected chi connectivity index (χ3v) is 1.73. The number of hydrogen-bond donors (Lipinski definition) is 0. The van der Waals surface area contributed by atoms with Crippen LogP contribution in [-0.2, 0) is 4.89 Å². The fourth-order valence-electron chi connectivity index (χ4n) is 0.997. The normalized spacial score (nSPS) is 9.92. The summed E-state index contributed by atoms with van der Waals surface area (Å²) >= 11 is 0. The minimum atomic E-state index is 0.669. The quantitative estimate of drug-likeness (QED) is 0.380. The molecule has 0 spiro atoms. The van der Waals surface area contributed by atoms with Gasteiger partial charge in [-0.3, -0.25) is 0 Å². The van der Waals surface area contributed by atoms with Gasteiger partial charge in [0.05, 0.1) is 6.61 Å². The predicted octanol–water partition coefficient (Wildman–Crippen LogP) is 3.19. The second-order valence-electron chi connectivity index (χ2n) is 2.93. The summed E-state index contributed by atoms with van der Waals surface area (Å²) in [6, 6.07) is 9.54. The van der Waals surface area contributed by atoms with E-state index in [2.05, 4.69) is 6.92 Å². The van der Waals surface area contributed by atoms with E-state index >= 15 is 0 Å². The molecule has 0 radical (unpaired) electrons. The molecule has 0 aliphatic carbocycles. The molecule has 0 saturated heterocycles. The highest BCUT2D eigenvalue weighted by Gasteiger charge is 1.91. The second-order valence-corrected chi connectivity index (χ2v) is 2.93. The Morgan fingerprint density at radius 3 is 2.54 bits per heavy atom. The molecule has 1 rings (SSSR count). The lowest BCUT2D eigenvalue weighted by Crippen LogP contribution is -1.98. The summed E-state index contributed by atoms with van der Waals surface area (Å²) in [5, 5.41) is 0. The zero-order valence-electron chi connectivity index (χ0n) is 8.03. The van der Waals surface area contributed by atoms with Crippen LogP contribution < -0.4 is 4.89 Å². The van der Waals surface area contributed by atoms with E-state index < -0.39 is 0 Å². The van der Waals surface area contributed by atoms with Crippen molar-refractivity contribution in [2.75, 3.05) is 6.61 Å². The van der Waals surface area contributed by atoms with Crippen LogP contribution in [0.3, 0.4) is 0 Å². The number of benzene rings is 1. The van der Waals surface area contributed by atoms with E-state index in [-0.39, 0.29) is 0 Å². The van der Waals surface area contributed by atoms with Gasteiger partial charge in [0, 0.05) is 0 Å². The van der Waals surface area contributed by atoms with E-state index in [4.69, 9.17) is 9.78 Å². The van der Waals surface area contributed by atoms with Gasteiger partial charge in [0.1, 0.15) is 0 Å². The molecule has 0 saturated carbocycles. The Bertz CT molecular complexity index is 209. The molecule has 0 amide bonds. The van der Waals surface area contributed by atoms with E-state index in [0.29, 0.717) is 6.61 Å². The molecule has 1 aromatic carbocycles. The van der Waals surface area contributed by atoms with Crippen molar-refractivity contribution >= 4 is 0 Å². The van der Waals surface area contributed by atoms with Gasteiger partial charge >= 0.3 is 0 Å². The monoisotopic (exact) mass is 180 g/mol. The Kier molecular flexibility index (Phi) is 5.02. The summed E-state index contributed by atoms with van der Waals surface area (Å²) in [6.45, 7) is 2.83. The van der Waals surface area contributed by atoms with Crippen molar-refractivity contribution in [3.8, 4) is 5.75 Å². The van der Waals surface area contributed by atoms with Crippen molar-refractivity contribution in [2.24, 2.45) is 0 Å². The molecule has 0 bridgehead atoms. The van der Waals surface area contributed by atoms with Crippen molar-refractivity contribution in [1.29, 1.82) is 0 Å². The first kappa shape index (κ1) is 10.1. The number of hydrogen-bond acceptors (Lipinski definition) is 2. The van der Waals surface area contributed by atoms with E-state index in [1.807, 2.05) is 30.3 Å². The highest BCUT2D eigenvalue weighted by atomic mass is 17.2. The maximum Gasteiger partial charge on any atom is 0.165 e. The number of para-hydroxylation sites is 1. The summed E-state index contributed by atoms with van der Waals surface area (Å²) in [5.41, 5.74) is 0. The molecule has 1 aromatic rings. The average Bonchev–Trinajstić information content (AvgIpc) is 2.19. The standard InChI is InChI=1S/C11H16O2/c1-2-3-7-10-12-13-11-8-5-4-6-9-11/h4-6,8-9H,2-3,7,10H2,1H3. The highest BCUT2D eigenvalue weighted by Crippen LogP contribution is 2.08. The van der Waals surface area contributed by atoms with Crippen LogP contribution in [0.15, 0.2) is 30.3 Å². The largest absolute Gasteiger partial charge is 0.338 e. The van der Waals surface area contributed by atoms with Crippen LogP contribution in [0.2, 0.25) is 0 Å². The molecule has 0 aromatic heterocycles. The fourth-order valence-corrected chi connectivity index (χ4v) is 0.997. The summed E-state index contributed by atoms with van der Waals surface area (Å²) in [4.78, 5) is 10.1. The van der Waals surface area contributed by atoms with Crippen molar-refractivity contribution in [2.45, 2.75) is 26.2 Å². The molecular weight excluding hydrogens is 164 g/mol. The van der Waals surface area contributed by atoms with E-state index in [9.17, 15) is 0 Å². The molecule has 0 fully saturated rings. The molecular formula is C11H16O2. The van der Waals surface area contributed by atoms with Crippen molar-refractivity contribution in [1.82, 2.24) is 0 Å². The molecule has 0 atom stereocenters. The van der Waals surface area contributed by atoms with Gasteiger partial charge in [0.15, 0.2) is 5.75 Å². The van der Waals surface area contributed by atoms with E-state index in [1.54, 1.807) is 0 Å². The first-order valence-electron chi connectivity index (χ1n) is 4.78. The zero-order valence-corrected chi connectivity index (χ0v) is 8.03. The van der Waals surface area contributed by atoms with Crippen LogP contribution >= 0.6 is 0 Å². The number of rotatable bonds is 6. The first-order valence-corrected chi connectivity index (χ1v) is 4.78. The van der Waals surface area contributed by atoms with Gasteiger partial charge in [0.2, 0.25) is 0 Å². The lowest BCUT2D eigenvalue weighted by Gasteiger charge is -2.03. The summed E-state index contributed by atoms with van der Waals surface area (Å²) < 4.78 is 0. The summed E-state index contributed by atoms with van der Waals surface area (Å²) in [5.74, 6) is 0.763. The molecule has 0 heterocycles. The molecule has 0 N–H and O–H groups in total. The van der Waals surface area contributed by atoms with E-state index in [1.165, 1.54) is 12.8 Å². The van der Waals surface area contributed by atoms with Crippen molar-refractivity contribution in [3.05, 3.63) is 30.3 Å². The van der Waals surface area contributed by atoms with E-state index in [0.717, 1.165) is 12.2 Å². The van der Waals surface area contributed by atoms with Gasteiger partial charge in [-0.25, -0.2) is 0 Å². The molecule has 2 nitrogen and oxygen atoms in total. The summed E-state index contributed by atoms with van der Waals surface area (Å²) in [6.07, 6.45) is 3.45. The van der Waals surface area contributed by atoms with Crippen LogP contribution in [0.5, 0.6) is 5.75 Å². The van der Waals surface area contributed by atoms with Gasteiger partial charge < -0.3 is 4.89 Å². The van der Waals surface area contributed by atoms with Crippen LogP contribution in [0.1, 0.15) is 26.2 Å². The van der Waals surface area contributed by atoms with Gasteiger partial charge in [-0.2, -0.15) is 4.89 Å². The Morgan fingerprint density at radius 1 is 1.08 bits per heavy atom. The Morgan fingerprint density at radius 2 is 1.85 bits per heavy atom. The average molecular weight is 180 g/mol. The lowest BCUT2D eigenvalue weighted by molar-refractivity contribution is -0.207. The predicted molar refractivity (Wildman–Crippen MR) is 52.5 cm³/mol. The maximum absolute atomic E-state index is 5.05. The molecule has 0 unspecified atom stereocenters. The van der Waals surface area contributed by atoms with Crippen molar-refractivity contribution in [3.63, 3.8) is 0 Å². The maximum atomic E-state index is 5.05. The van der Waals surface area contributed by atoms with Crippen LogP contribution in [-0.4, -0.2) is 6.61 Å². The number of unbranched alkanes of at least 4 members (excludes halogenated alkanes) is 2. The smallest absolute Gasteiger partial charge is 0.165 e. The minimum absolute atomic E-state index is 0.669. The first-order chi connectivity index (χ1) is 6.43. The van der Waals surface area contributed by atoms with Crippen LogP contribution in [0.25, 0.3) is 0 Å². The van der Waals surface area contributed by atoms with Crippen molar-refractivity contribution < 1.29 is 9.78 Å². The molecule has 0 aliphatic rings. The SMILES string of the molecule is CCCCCOOc1ccccc1. The fraction of sp³-hybridized carbons (Fsp3) is 0.455. The highest BCUT2D eigenvalue weighted by molar-refractivity contribution is 5.20. The second kappa shape index (κ2) is 6.49. The Hall–Kier alpha value is -1.02. The van der Waals surface area contributed by atoms with Gasteiger partial charge in [-0.15, -0.1) is 0 Å². The molecule has 0 aliphatic heterocycles. The molecule has 2 heteroatoms. The van der Waals surface area contributed by atoms with Gasteiger partial charge in [-0.1, -0.05) is 38.0 Å². The third-order valence-electron chi connectivity index (χ3n) is 1.73. The summed E-state index contributed by atoms with van der Waals surface area (Å²) in [7, 11) is 0. The van der Waals surface area contributed by atoms with Gasteiger partial charge in [-0.05, 0) is 18.6 Å². The Labute approximate surface area is 79.4 Å². The van der Waals surface area contributed by atoms with Crippen LogP contribution in [0.4, 0.5) is 0 Å². The third kappa shape index (κ3) is 4.53. The minimum Gasteiger partial charge on any atom is -0.338 e. The zero-order chi connectivity index (χ0) is 9.36.